The number of para-hydroxylation sites is 1. The lowest BCUT2D eigenvalue weighted by Gasteiger charge is -2.09. The number of hydrogen-bond acceptors (Lipinski definition) is 8. The summed E-state index contributed by atoms with van der Waals surface area (Å²) in [5.74, 6) is 0.0792. The van der Waals surface area contributed by atoms with Crippen LogP contribution in [0.3, 0.4) is 0 Å². The molecule has 0 aliphatic rings. The smallest absolute Gasteiger partial charge is 0.289 e. The van der Waals surface area contributed by atoms with E-state index in [4.69, 9.17) is 14.9 Å². The van der Waals surface area contributed by atoms with Crippen LogP contribution in [0.1, 0.15) is 12.0 Å². The van der Waals surface area contributed by atoms with E-state index in [1.165, 1.54) is 30.3 Å². The Hall–Kier alpha value is -2.60. The van der Waals surface area contributed by atoms with Crippen LogP contribution in [-0.2, 0) is 10.0 Å². The number of pyridine rings is 1. The fourth-order valence-electron chi connectivity index (χ4n) is 1.90. The summed E-state index contributed by atoms with van der Waals surface area (Å²) in [6.07, 6.45) is -1.75. The number of aliphatic hydroxyl groups excluding tert-OH is 1. The van der Waals surface area contributed by atoms with Crippen molar-refractivity contribution in [2.75, 3.05) is 13.2 Å². The van der Waals surface area contributed by atoms with Crippen LogP contribution in [0.5, 0.6) is 5.88 Å². The van der Waals surface area contributed by atoms with Crippen molar-refractivity contribution in [2.45, 2.75) is 11.2 Å². The van der Waals surface area contributed by atoms with Crippen LogP contribution in [-0.4, -0.2) is 41.7 Å². The molecule has 0 saturated heterocycles. The molecule has 1 heterocycles. The Labute approximate surface area is 142 Å². The first-order valence-electron chi connectivity index (χ1n) is 7.00. The van der Waals surface area contributed by atoms with E-state index in [0.717, 1.165) is 12.1 Å². The van der Waals surface area contributed by atoms with Gasteiger partial charge in [0, 0.05) is 18.7 Å². The van der Waals surface area contributed by atoms with Crippen LogP contribution in [0.4, 0.5) is 5.69 Å². The number of rotatable bonds is 8. The predicted molar refractivity (Wildman–Crippen MR) is 85.2 cm³/mol. The minimum Gasteiger partial charge on any atom is -0.476 e. The van der Waals surface area contributed by atoms with Crippen molar-refractivity contribution in [2.24, 2.45) is 0 Å². The highest BCUT2D eigenvalue weighted by Crippen LogP contribution is 2.22. The maximum atomic E-state index is 12.2. The number of sulfonamides is 1. The number of nitro benzene ring substituents is 1. The number of aromatic nitrogens is 1. The van der Waals surface area contributed by atoms with E-state index in [9.17, 15) is 18.5 Å². The first kappa shape index (κ1) is 18.7. The third-order valence-corrected chi connectivity index (χ3v) is 4.51. The van der Waals surface area contributed by atoms with Gasteiger partial charge in [-0.1, -0.05) is 18.2 Å². The van der Waals surface area contributed by atoms with Crippen molar-refractivity contribution < 1.29 is 28.3 Å². The summed E-state index contributed by atoms with van der Waals surface area (Å²) in [7, 11) is -4.08. The average molecular weight is 369 g/mol. The molecule has 0 amide bonds. The van der Waals surface area contributed by atoms with Gasteiger partial charge in [0.15, 0.2) is 11.2 Å². The highest BCUT2D eigenvalue weighted by atomic mass is 32.2. The zero-order valence-electron chi connectivity index (χ0n) is 12.8. The number of ether oxygens (including phenoxy) is 1. The molecule has 2 aromatic rings. The fourth-order valence-corrected chi connectivity index (χ4v) is 3.08. The summed E-state index contributed by atoms with van der Waals surface area (Å²) in [5, 5.41) is 28.9. The second kappa shape index (κ2) is 7.98. The average Bonchev–Trinajstić information content (AvgIpc) is 2.59. The molecular weight excluding hydrogens is 354 g/mol. The van der Waals surface area contributed by atoms with E-state index in [0.29, 0.717) is 0 Å². The van der Waals surface area contributed by atoms with E-state index in [2.05, 4.69) is 9.71 Å². The minimum absolute atomic E-state index is 0.0157. The first-order chi connectivity index (χ1) is 11.8. The topological polar surface area (TPSA) is 152 Å². The summed E-state index contributed by atoms with van der Waals surface area (Å²) in [4.78, 5) is 13.5. The van der Waals surface area contributed by atoms with E-state index in [1.54, 1.807) is 0 Å². The van der Waals surface area contributed by atoms with Gasteiger partial charge in [-0.25, -0.2) is 18.1 Å². The van der Waals surface area contributed by atoms with E-state index < -0.39 is 31.8 Å². The lowest BCUT2D eigenvalue weighted by atomic mass is 10.3. The zero-order valence-corrected chi connectivity index (χ0v) is 13.6. The molecule has 11 heteroatoms. The van der Waals surface area contributed by atoms with Gasteiger partial charge in [-0.2, -0.15) is 0 Å². The molecule has 134 valence electrons. The molecule has 0 atom stereocenters. The monoisotopic (exact) mass is 369 g/mol. The first-order valence-corrected chi connectivity index (χ1v) is 8.48. The number of benzene rings is 1. The van der Waals surface area contributed by atoms with E-state index in [-0.39, 0.29) is 24.7 Å². The number of aliphatic hydroxyl groups is 2. The third kappa shape index (κ3) is 4.93. The van der Waals surface area contributed by atoms with Gasteiger partial charge in [0.05, 0.1) is 10.6 Å². The van der Waals surface area contributed by atoms with Crippen LogP contribution in [0.25, 0.3) is 0 Å². The lowest BCUT2D eigenvalue weighted by Crippen LogP contribution is -2.29. The number of nitrogens with zero attached hydrogens (tertiary/aromatic N) is 2. The predicted octanol–water partition coefficient (Wildman–Crippen LogP) is 0.330. The van der Waals surface area contributed by atoms with E-state index in [1.807, 2.05) is 0 Å². The van der Waals surface area contributed by atoms with Crippen molar-refractivity contribution in [3.63, 3.8) is 0 Å². The van der Waals surface area contributed by atoms with Gasteiger partial charge in [0.2, 0.25) is 15.9 Å². The molecule has 0 unspecified atom stereocenters. The molecule has 1 aromatic carbocycles. The number of hydrogen-bond donors (Lipinski definition) is 3. The molecule has 0 radical (unpaired) electrons. The van der Waals surface area contributed by atoms with Crippen molar-refractivity contribution in [1.29, 1.82) is 0 Å². The lowest BCUT2D eigenvalue weighted by molar-refractivity contribution is -0.387. The summed E-state index contributed by atoms with van der Waals surface area (Å²) >= 11 is 0. The molecule has 3 N–H and O–H groups in total. The van der Waals surface area contributed by atoms with Gasteiger partial charge in [0.25, 0.3) is 5.69 Å². The summed E-state index contributed by atoms with van der Waals surface area (Å²) in [5.41, 5.74) is -0.541. The summed E-state index contributed by atoms with van der Waals surface area (Å²) in [6, 6.07) is 9.32. The molecule has 0 aliphatic heterocycles. The Bertz CT molecular complexity index is 855. The molecule has 25 heavy (non-hydrogen) atoms. The Balaban J connectivity index is 1.97. The maximum Gasteiger partial charge on any atom is 0.289 e. The summed E-state index contributed by atoms with van der Waals surface area (Å²) in [6.45, 7) is -0.278. The Morgan fingerprint density at radius 3 is 2.60 bits per heavy atom. The fraction of sp³-hybridized carbons (Fsp3) is 0.214. The van der Waals surface area contributed by atoms with Gasteiger partial charge in [-0.3, -0.25) is 10.1 Å². The van der Waals surface area contributed by atoms with Gasteiger partial charge in [-0.05, 0) is 12.1 Å². The normalized spacial score (nSPS) is 11.5. The minimum atomic E-state index is -4.08. The molecular formula is C14H15N3O7S. The number of nitrogens with one attached hydrogen (secondary N) is 1. The molecule has 2 rings (SSSR count). The van der Waals surface area contributed by atoms with Crippen molar-refractivity contribution >= 4 is 15.7 Å². The zero-order chi connectivity index (χ0) is 18.4. The molecule has 0 spiro atoms. The Morgan fingerprint density at radius 2 is 1.92 bits per heavy atom. The second-order valence-corrected chi connectivity index (χ2v) is 6.48. The molecule has 0 aliphatic carbocycles. The van der Waals surface area contributed by atoms with E-state index >= 15 is 0 Å². The van der Waals surface area contributed by atoms with Crippen LogP contribution < -0.4 is 9.46 Å². The SMILES string of the molecule is O=[N+]([O-])c1ccccc1S(=O)(=O)NCCOc1cccc(C(O)O)n1. The quantitative estimate of drug-likeness (QED) is 0.260. The standard InChI is InChI=1S/C14H15N3O7S/c18-14(19)10-4-3-7-13(16-10)24-9-8-15-25(22,23)12-6-2-1-5-11(12)17(20)21/h1-7,14-15,18-19H,8-9H2. The Morgan fingerprint density at radius 1 is 1.20 bits per heavy atom. The van der Waals surface area contributed by atoms with Crippen molar-refractivity contribution in [3.8, 4) is 5.88 Å². The maximum absolute atomic E-state index is 12.2. The van der Waals surface area contributed by atoms with Crippen LogP contribution in [0, 0.1) is 10.1 Å². The second-order valence-electron chi connectivity index (χ2n) is 4.75. The van der Waals surface area contributed by atoms with Crippen LogP contribution in [0.2, 0.25) is 0 Å². The van der Waals surface area contributed by atoms with Gasteiger partial charge >= 0.3 is 0 Å². The molecule has 0 bridgehead atoms. The number of nitro groups is 1. The molecule has 0 saturated carbocycles. The van der Waals surface area contributed by atoms with Gasteiger partial charge in [-0.15, -0.1) is 0 Å². The highest BCUT2D eigenvalue weighted by Gasteiger charge is 2.24. The van der Waals surface area contributed by atoms with Gasteiger partial charge < -0.3 is 14.9 Å². The van der Waals surface area contributed by atoms with Crippen LogP contribution >= 0.6 is 0 Å². The molecule has 1 aromatic heterocycles. The molecule has 0 fully saturated rings. The largest absolute Gasteiger partial charge is 0.476 e. The van der Waals surface area contributed by atoms with Gasteiger partial charge in [0.1, 0.15) is 6.61 Å². The van der Waals surface area contributed by atoms with Crippen molar-refractivity contribution in [3.05, 3.63) is 58.3 Å². The van der Waals surface area contributed by atoms with Crippen molar-refractivity contribution in [1.82, 2.24) is 9.71 Å². The Kier molecular flexibility index (Phi) is 5.98. The molecule has 10 nitrogen and oxygen atoms in total. The highest BCUT2D eigenvalue weighted by molar-refractivity contribution is 7.89. The van der Waals surface area contributed by atoms with Crippen LogP contribution in [0.15, 0.2) is 47.4 Å². The summed E-state index contributed by atoms with van der Waals surface area (Å²) < 4.78 is 31.7. The third-order valence-electron chi connectivity index (χ3n) is 3.01.